The lowest BCUT2D eigenvalue weighted by Gasteiger charge is -2.29. The quantitative estimate of drug-likeness (QED) is 0.840. The summed E-state index contributed by atoms with van der Waals surface area (Å²) >= 11 is 1.46. The van der Waals surface area contributed by atoms with Crippen molar-refractivity contribution < 1.29 is 8.78 Å². The van der Waals surface area contributed by atoms with Crippen LogP contribution in [-0.4, -0.2) is 44.2 Å². The Hall–Kier alpha value is -1.83. The Balaban J connectivity index is 1.55. The van der Waals surface area contributed by atoms with Crippen LogP contribution < -0.4 is 13.9 Å². The molecule has 25 heavy (non-hydrogen) atoms. The van der Waals surface area contributed by atoms with Crippen molar-refractivity contribution in [1.82, 2.24) is 10.2 Å². The van der Waals surface area contributed by atoms with E-state index in [1.807, 2.05) is 28.6 Å². The number of fused-ring (bicyclic) bond motifs is 1. The maximum Gasteiger partial charge on any atom is 0.150 e. The fraction of sp³-hybridized carbons (Fsp3) is 0.333. The summed E-state index contributed by atoms with van der Waals surface area (Å²) in [5.74, 6) is -1.11. The van der Waals surface area contributed by atoms with Crippen molar-refractivity contribution >= 4 is 29.2 Å². The van der Waals surface area contributed by atoms with Crippen molar-refractivity contribution in [2.45, 2.75) is 0 Å². The molecule has 0 aromatic heterocycles. The molecule has 2 aromatic carbocycles. The number of piperazine rings is 1. The summed E-state index contributed by atoms with van der Waals surface area (Å²) in [4.78, 5) is 2.43. The summed E-state index contributed by atoms with van der Waals surface area (Å²) in [6, 6.07) is 11.7. The molecule has 1 saturated heterocycles. The molecular formula is C18H20F2N4S. The molecule has 2 aliphatic heterocycles. The molecule has 4 rings (SSSR count). The summed E-state index contributed by atoms with van der Waals surface area (Å²) in [6.07, 6.45) is 0. The normalized spacial score (nSPS) is 17.8. The molecule has 0 spiro atoms. The van der Waals surface area contributed by atoms with Crippen LogP contribution in [0.25, 0.3) is 0 Å². The maximum atomic E-state index is 14.3. The van der Waals surface area contributed by atoms with Gasteiger partial charge < -0.3 is 5.32 Å². The Labute approximate surface area is 150 Å². The topological polar surface area (TPSA) is 21.8 Å². The molecule has 2 heterocycles. The predicted molar refractivity (Wildman–Crippen MR) is 99.2 cm³/mol. The second-order valence-corrected chi connectivity index (χ2v) is 7.12. The van der Waals surface area contributed by atoms with E-state index in [0.717, 1.165) is 56.7 Å². The fourth-order valence-electron chi connectivity index (χ4n) is 3.18. The number of nitrogens with one attached hydrogen (secondary N) is 1. The summed E-state index contributed by atoms with van der Waals surface area (Å²) in [5.41, 5.74) is 2.37. The van der Waals surface area contributed by atoms with Crippen LogP contribution in [0.15, 0.2) is 42.5 Å². The van der Waals surface area contributed by atoms with Crippen molar-refractivity contribution in [3.63, 3.8) is 0 Å². The number of halogens is 2. The van der Waals surface area contributed by atoms with Crippen molar-refractivity contribution in [3.8, 4) is 0 Å². The lowest BCUT2D eigenvalue weighted by molar-refractivity contribution is 0.248. The number of hydrogen-bond donors (Lipinski definition) is 1. The first-order valence-electron chi connectivity index (χ1n) is 8.45. The number of anilines is 3. The molecule has 0 radical (unpaired) electrons. The monoisotopic (exact) mass is 362 g/mol. The minimum absolute atomic E-state index is 0.378. The number of hydrogen-bond acceptors (Lipinski definition) is 5. The fourth-order valence-corrected chi connectivity index (χ4v) is 4.26. The van der Waals surface area contributed by atoms with Crippen molar-refractivity contribution in [2.24, 2.45) is 0 Å². The summed E-state index contributed by atoms with van der Waals surface area (Å²) < 4.78 is 31.5. The third kappa shape index (κ3) is 3.44. The van der Waals surface area contributed by atoms with Gasteiger partial charge in [0, 0.05) is 45.3 Å². The highest BCUT2D eigenvalue weighted by atomic mass is 32.2. The van der Waals surface area contributed by atoms with E-state index in [4.69, 9.17) is 0 Å². The SMILES string of the molecule is Fc1ccc(N2SN(CCN3CCNCC3)c3ccccc32)c(F)c1. The molecule has 0 unspecified atom stereocenters. The smallest absolute Gasteiger partial charge is 0.150 e. The second kappa shape index (κ2) is 7.19. The number of nitrogens with zero attached hydrogens (tertiary/aromatic N) is 3. The van der Waals surface area contributed by atoms with Crippen LogP contribution in [0.5, 0.6) is 0 Å². The Morgan fingerprint density at radius 3 is 2.44 bits per heavy atom. The van der Waals surface area contributed by atoms with E-state index in [9.17, 15) is 8.78 Å². The van der Waals surface area contributed by atoms with Gasteiger partial charge in [-0.2, -0.15) is 0 Å². The van der Waals surface area contributed by atoms with E-state index in [-0.39, 0.29) is 0 Å². The zero-order valence-corrected chi connectivity index (χ0v) is 14.6. The van der Waals surface area contributed by atoms with E-state index in [0.29, 0.717) is 5.69 Å². The third-order valence-corrected chi connectivity index (χ3v) is 5.64. The van der Waals surface area contributed by atoms with Crippen LogP contribution >= 0.6 is 12.1 Å². The summed E-state index contributed by atoms with van der Waals surface area (Å²) in [5, 5.41) is 3.36. The van der Waals surface area contributed by atoms with Gasteiger partial charge in [-0.15, -0.1) is 0 Å². The van der Waals surface area contributed by atoms with Gasteiger partial charge in [0.15, 0.2) is 5.82 Å². The Morgan fingerprint density at radius 1 is 0.920 bits per heavy atom. The van der Waals surface area contributed by atoms with Crippen molar-refractivity contribution in [3.05, 3.63) is 54.1 Å². The minimum atomic E-state index is -0.561. The molecule has 1 N–H and O–H groups in total. The molecule has 4 nitrogen and oxygen atoms in total. The molecule has 132 valence electrons. The molecule has 7 heteroatoms. The first kappa shape index (κ1) is 16.6. The van der Waals surface area contributed by atoms with Crippen LogP contribution in [0, 0.1) is 11.6 Å². The van der Waals surface area contributed by atoms with Crippen LogP contribution in [0.1, 0.15) is 0 Å². The number of rotatable bonds is 4. The van der Waals surface area contributed by atoms with Crippen LogP contribution in [0.3, 0.4) is 0 Å². The molecule has 0 aliphatic carbocycles. The highest BCUT2D eigenvalue weighted by Crippen LogP contribution is 2.49. The summed E-state index contributed by atoms with van der Waals surface area (Å²) in [6.45, 7) is 5.96. The minimum Gasteiger partial charge on any atom is -0.314 e. The largest absolute Gasteiger partial charge is 0.314 e. The van der Waals surface area contributed by atoms with Gasteiger partial charge in [0.1, 0.15) is 5.82 Å². The lowest BCUT2D eigenvalue weighted by atomic mass is 10.2. The van der Waals surface area contributed by atoms with Gasteiger partial charge in [-0.25, -0.2) is 8.78 Å². The van der Waals surface area contributed by atoms with E-state index in [1.165, 1.54) is 24.3 Å². The van der Waals surface area contributed by atoms with E-state index < -0.39 is 11.6 Å². The average Bonchev–Trinajstić information content (AvgIpc) is 3.00. The van der Waals surface area contributed by atoms with E-state index in [1.54, 1.807) is 0 Å². The highest BCUT2D eigenvalue weighted by molar-refractivity contribution is 8.02. The van der Waals surface area contributed by atoms with Gasteiger partial charge in [0.2, 0.25) is 0 Å². The van der Waals surface area contributed by atoms with Gasteiger partial charge in [-0.05, 0) is 24.3 Å². The molecule has 0 atom stereocenters. The van der Waals surface area contributed by atoms with Crippen LogP contribution in [0.4, 0.5) is 25.8 Å². The van der Waals surface area contributed by atoms with Gasteiger partial charge in [0.25, 0.3) is 0 Å². The van der Waals surface area contributed by atoms with Crippen LogP contribution in [0.2, 0.25) is 0 Å². The molecule has 0 bridgehead atoms. The van der Waals surface area contributed by atoms with Gasteiger partial charge >= 0.3 is 0 Å². The molecule has 2 aromatic rings. The average molecular weight is 362 g/mol. The Bertz CT molecular complexity index is 752. The second-order valence-electron chi connectivity index (χ2n) is 6.15. The summed E-state index contributed by atoms with van der Waals surface area (Å²) in [7, 11) is 0. The Morgan fingerprint density at radius 2 is 1.68 bits per heavy atom. The highest BCUT2D eigenvalue weighted by Gasteiger charge is 2.30. The van der Waals surface area contributed by atoms with Gasteiger partial charge in [-0.3, -0.25) is 13.5 Å². The first-order chi connectivity index (χ1) is 12.2. The zero-order valence-electron chi connectivity index (χ0n) is 13.8. The Kier molecular flexibility index (Phi) is 4.78. The van der Waals surface area contributed by atoms with Crippen molar-refractivity contribution in [2.75, 3.05) is 47.9 Å². The first-order valence-corrected chi connectivity index (χ1v) is 9.18. The molecule has 0 saturated carbocycles. The van der Waals surface area contributed by atoms with Crippen molar-refractivity contribution in [1.29, 1.82) is 0 Å². The third-order valence-electron chi connectivity index (χ3n) is 4.51. The lowest BCUT2D eigenvalue weighted by Crippen LogP contribution is -2.45. The predicted octanol–water partition coefficient (Wildman–Crippen LogP) is 3.39. The maximum absolute atomic E-state index is 14.3. The van der Waals surface area contributed by atoms with Gasteiger partial charge in [-0.1, -0.05) is 12.1 Å². The molecule has 1 fully saturated rings. The van der Waals surface area contributed by atoms with Gasteiger partial charge in [0.05, 0.1) is 29.2 Å². The zero-order chi connectivity index (χ0) is 17.2. The number of benzene rings is 2. The number of para-hydroxylation sites is 2. The molecule has 0 amide bonds. The molecular weight excluding hydrogens is 342 g/mol. The van der Waals surface area contributed by atoms with E-state index in [2.05, 4.69) is 14.5 Å². The molecule has 2 aliphatic rings. The van der Waals surface area contributed by atoms with Crippen LogP contribution in [-0.2, 0) is 0 Å². The standard InChI is InChI=1S/C18H20F2N4S/c19-14-5-6-16(15(20)13-14)24-18-4-2-1-3-17(18)23(25-24)12-11-22-9-7-21-8-10-22/h1-6,13,21H,7-12H2. The van der Waals surface area contributed by atoms with E-state index >= 15 is 0 Å².